The zero-order valence-electron chi connectivity index (χ0n) is 11.5. The third kappa shape index (κ3) is 5.13. The minimum absolute atomic E-state index is 0.0322. The van der Waals surface area contributed by atoms with Crippen LogP contribution in [0, 0.1) is 6.92 Å². The van der Waals surface area contributed by atoms with E-state index in [9.17, 15) is 19.5 Å². The number of aryl methyl sites for hydroxylation is 1. The van der Waals surface area contributed by atoms with E-state index in [1.165, 1.54) is 18.2 Å². The van der Waals surface area contributed by atoms with E-state index in [1.807, 2.05) is 0 Å². The molecule has 1 amide bonds. The normalized spacial score (nSPS) is 11.7. The number of phenols is 1. The second kappa shape index (κ2) is 7.28. The van der Waals surface area contributed by atoms with Crippen molar-refractivity contribution in [2.45, 2.75) is 32.2 Å². The minimum Gasteiger partial charge on any atom is -0.508 e. The fraction of sp³-hybridized carbons (Fsp3) is 0.357. The predicted octanol–water partition coefficient (Wildman–Crippen LogP) is 1.14. The first-order valence-corrected chi connectivity index (χ1v) is 6.36. The van der Waals surface area contributed by atoms with Gasteiger partial charge in [0.2, 0.25) is 0 Å². The first kappa shape index (κ1) is 16.5. The molecule has 1 atom stereocenters. The van der Waals surface area contributed by atoms with Crippen LogP contribution in [0.4, 0.5) is 0 Å². The van der Waals surface area contributed by atoms with Crippen LogP contribution in [0.1, 0.15) is 35.2 Å². The molecule has 21 heavy (non-hydrogen) atoms. The Morgan fingerprint density at radius 2 is 1.90 bits per heavy atom. The summed E-state index contributed by atoms with van der Waals surface area (Å²) in [6.07, 6.45) is 0.0313. The van der Waals surface area contributed by atoms with Crippen molar-refractivity contribution in [1.82, 2.24) is 5.32 Å². The van der Waals surface area contributed by atoms with Gasteiger partial charge in [0.25, 0.3) is 5.91 Å². The molecule has 0 aromatic heterocycles. The van der Waals surface area contributed by atoms with E-state index in [2.05, 4.69) is 5.32 Å². The van der Waals surface area contributed by atoms with Crippen molar-refractivity contribution in [3.8, 4) is 5.75 Å². The number of hydrogen-bond donors (Lipinski definition) is 4. The first-order valence-electron chi connectivity index (χ1n) is 6.36. The number of hydrogen-bond acceptors (Lipinski definition) is 4. The third-order valence-corrected chi connectivity index (χ3v) is 2.95. The minimum atomic E-state index is -1.22. The van der Waals surface area contributed by atoms with Crippen LogP contribution in [-0.4, -0.2) is 39.2 Å². The Kier molecular flexibility index (Phi) is 5.71. The van der Waals surface area contributed by atoms with Crippen LogP contribution < -0.4 is 5.32 Å². The molecule has 0 spiro atoms. The number of amides is 1. The molecule has 1 aromatic rings. The van der Waals surface area contributed by atoms with Gasteiger partial charge in [-0.05, 0) is 43.5 Å². The quantitative estimate of drug-likeness (QED) is 0.598. The molecule has 0 fully saturated rings. The van der Waals surface area contributed by atoms with Gasteiger partial charge in [-0.2, -0.15) is 0 Å². The summed E-state index contributed by atoms with van der Waals surface area (Å²) in [4.78, 5) is 33.4. The molecule has 0 radical (unpaired) electrons. The maximum atomic E-state index is 11.9. The average Bonchev–Trinajstić information content (AvgIpc) is 2.40. The number of phenolic OH excluding ortho intramolecular Hbond substituents is 1. The van der Waals surface area contributed by atoms with Crippen LogP contribution in [-0.2, 0) is 9.59 Å². The Labute approximate surface area is 121 Å². The molecule has 0 aliphatic carbocycles. The molecule has 0 aliphatic heterocycles. The Hall–Kier alpha value is -2.57. The van der Waals surface area contributed by atoms with E-state index in [1.54, 1.807) is 6.92 Å². The number of rotatable bonds is 7. The van der Waals surface area contributed by atoms with Crippen LogP contribution in [0.15, 0.2) is 18.2 Å². The van der Waals surface area contributed by atoms with Gasteiger partial charge in [-0.15, -0.1) is 0 Å². The van der Waals surface area contributed by atoms with Crippen molar-refractivity contribution in [1.29, 1.82) is 0 Å². The number of carboxylic acid groups (broad SMARTS) is 2. The Balaban J connectivity index is 2.69. The SMILES string of the molecule is Cc1cc(C(=O)N[C@H](CCCC(=O)O)C(=O)O)ccc1O. The fourth-order valence-electron chi connectivity index (χ4n) is 1.75. The molecule has 0 saturated carbocycles. The Bertz CT molecular complexity index is 554. The lowest BCUT2D eigenvalue weighted by Gasteiger charge is -2.14. The summed E-state index contributed by atoms with van der Waals surface area (Å²) in [5.74, 6) is -2.77. The second-order valence-electron chi connectivity index (χ2n) is 4.65. The second-order valence-corrected chi connectivity index (χ2v) is 4.65. The van der Waals surface area contributed by atoms with Gasteiger partial charge in [-0.3, -0.25) is 9.59 Å². The summed E-state index contributed by atoms with van der Waals surface area (Å²) in [6.45, 7) is 1.62. The van der Waals surface area contributed by atoms with Crippen LogP contribution in [0.2, 0.25) is 0 Å². The van der Waals surface area contributed by atoms with Crippen molar-refractivity contribution in [3.63, 3.8) is 0 Å². The molecule has 114 valence electrons. The smallest absolute Gasteiger partial charge is 0.326 e. The van der Waals surface area contributed by atoms with E-state index in [4.69, 9.17) is 10.2 Å². The number of carboxylic acids is 2. The van der Waals surface area contributed by atoms with Crippen LogP contribution in [0.3, 0.4) is 0 Å². The lowest BCUT2D eigenvalue weighted by molar-refractivity contribution is -0.140. The van der Waals surface area contributed by atoms with Gasteiger partial charge in [0.1, 0.15) is 11.8 Å². The van der Waals surface area contributed by atoms with E-state index in [-0.39, 0.29) is 30.6 Å². The van der Waals surface area contributed by atoms with Crippen LogP contribution in [0.5, 0.6) is 5.75 Å². The van der Waals surface area contributed by atoms with Gasteiger partial charge >= 0.3 is 11.9 Å². The summed E-state index contributed by atoms with van der Waals surface area (Å²) in [5.41, 5.74) is 0.732. The lowest BCUT2D eigenvalue weighted by Crippen LogP contribution is -2.40. The zero-order chi connectivity index (χ0) is 16.0. The van der Waals surface area contributed by atoms with E-state index in [0.29, 0.717) is 5.56 Å². The summed E-state index contributed by atoms with van der Waals surface area (Å²) in [6, 6.07) is 3.03. The summed E-state index contributed by atoms with van der Waals surface area (Å²) >= 11 is 0. The molecule has 7 heteroatoms. The van der Waals surface area contributed by atoms with Gasteiger partial charge < -0.3 is 20.6 Å². The maximum Gasteiger partial charge on any atom is 0.326 e. The summed E-state index contributed by atoms with van der Waals surface area (Å²) in [5, 5.41) is 29.3. The highest BCUT2D eigenvalue weighted by molar-refractivity contribution is 5.96. The van der Waals surface area contributed by atoms with Crippen molar-refractivity contribution >= 4 is 17.8 Å². The van der Waals surface area contributed by atoms with Gasteiger partial charge in [0.05, 0.1) is 0 Å². The number of benzene rings is 1. The molecule has 0 heterocycles. The zero-order valence-corrected chi connectivity index (χ0v) is 11.5. The van der Waals surface area contributed by atoms with Crippen LogP contribution in [0.25, 0.3) is 0 Å². The fourth-order valence-corrected chi connectivity index (χ4v) is 1.75. The number of nitrogens with one attached hydrogen (secondary N) is 1. The number of aliphatic carboxylic acids is 2. The standard InChI is InChI=1S/C14H17NO6/c1-8-7-9(5-6-11(8)16)13(19)15-10(14(20)21)3-2-4-12(17)18/h5-7,10,16H,2-4H2,1H3,(H,15,19)(H,17,18)(H,20,21)/t10-/m1/s1. The van der Waals surface area contributed by atoms with Crippen molar-refractivity contribution in [3.05, 3.63) is 29.3 Å². The van der Waals surface area contributed by atoms with Crippen LogP contribution >= 0.6 is 0 Å². The van der Waals surface area contributed by atoms with Gasteiger partial charge in [-0.1, -0.05) is 0 Å². The predicted molar refractivity (Wildman–Crippen MR) is 73.2 cm³/mol. The number of carbonyl (C=O) groups excluding carboxylic acids is 1. The molecule has 0 bridgehead atoms. The summed E-state index contributed by atoms with van der Waals surface area (Å²) in [7, 11) is 0. The highest BCUT2D eigenvalue weighted by Crippen LogP contribution is 2.17. The van der Waals surface area contributed by atoms with E-state index >= 15 is 0 Å². The largest absolute Gasteiger partial charge is 0.508 e. The maximum absolute atomic E-state index is 11.9. The summed E-state index contributed by atoms with van der Waals surface area (Å²) < 4.78 is 0. The molecule has 0 aliphatic rings. The van der Waals surface area contributed by atoms with E-state index in [0.717, 1.165) is 0 Å². The number of carbonyl (C=O) groups is 3. The molecular formula is C14H17NO6. The Morgan fingerprint density at radius 3 is 2.43 bits per heavy atom. The van der Waals surface area contributed by atoms with E-state index < -0.39 is 23.9 Å². The van der Waals surface area contributed by atoms with Gasteiger partial charge in [-0.25, -0.2) is 4.79 Å². The molecule has 0 unspecified atom stereocenters. The molecular weight excluding hydrogens is 278 g/mol. The molecule has 7 nitrogen and oxygen atoms in total. The molecule has 1 aromatic carbocycles. The average molecular weight is 295 g/mol. The monoisotopic (exact) mass is 295 g/mol. The van der Waals surface area contributed by atoms with Gasteiger partial charge in [0, 0.05) is 12.0 Å². The molecule has 1 rings (SSSR count). The topological polar surface area (TPSA) is 124 Å². The Morgan fingerprint density at radius 1 is 1.24 bits per heavy atom. The third-order valence-electron chi connectivity index (χ3n) is 2.95. The molecule has 0 saturated heterocycles. The highest BCUT2D eigenvalue weighted by Gasteiger charge is 2.21. The highest BCUT2D eigenvalue weighted by atomic mass is 16.4. The molecule has 4 N–H and O–H groups in total. The van der Waals surface area contributed by atoms with Crippen molar-refractivity contribution < 1.29 is 29.7 Å². The lowest BCUT2D eigenvalue weighted by atomic mass is 10.1. The number of aromatic hydroxyl groups is 1. The first-order chi connectivity index (χ1) is 9.81. The van der Waals surface area contributed by atoms with Gasteiger partial charge in [0.15, 0.2) is 0 Å². The van der Waals surface area contributed by atoms with Crippen molar-refractivity contribution in [2.75, 3.05) is 0 Å². The van der Waals surface area contributed by atoms with Crippen molar-refractivity contribution in [2.24, 2.45) is 0 Å².